The predicted octanol–water partition coefficient (Wildman–Crippen LogP) is 3.33. The zero-order chi connectivity index (χ0) is 15.2. The van der Waals surface area contributed by atoms with Crippen molar-refractivity contribution in [1.82, 2.24) is 15.5 Å². The van der Waals surface area contributed by atoms with Crippen LogP contribution in [-0.4, -0.2) is 51.1 Å². The summed E-state index contributed by atoms with van der Waals surface area (Å²) in [6, 6.07) is 0. The summed E-state index contributed by atoms with van der Waals surface area (Å²) in [4.78, 5) is 6.83. The van der Waals surface area contributed by atoms with Gasteiger partial charge in [-0.1, -0.05) is 33.1 Å². The van der Waals surface area contributed by atoms with E-state index in [-0.39, 0.29) is 24.0 Å². The van der Waals surface area contributed by atoms with Crippen molar-refractivity contribution in [2.75, 3.05) is 40.3 Å². The quantitative estimate of drug-likeness (QED) is 0.237. The highest BCUT2D eigenvalue weighted by Gasteiger charge is 1.98. The SMILES string of the molecule is CCNC(=NCC(C)C)NCCCCCCCN(C)C.I. The van der Waals surface area contributed by atoms with Crippen molar-refractivity contribution in [3.63, 3.8) is 0 Å². The highest BCUT2D eigenvalue weighted by molar-refractivity contribution is 14.0. The zero-order valence-corrected chi connectivity index (χ0v) is 17.1. The van der Waals surface area contributed by atoms with E-state index in [9.17, 15) is 0 Å². The monoisotopic (exact) mass is 412 g/mol. The molecule has 0 amide bonds. The van der Waals surface area contributed by atoms with E-state index in [1.54, 1.807) is 0 Å². The first-order chi connectivity index (χ1) is 9.56. The van der Waals surface area contributed by atoms with Crippen LogP contribution in [-0.2, 0) is 0 Å². The number of rotatable bonds is 11. The van der Waals surface area contributed by atoms with Gasteiger partial charge in [0.2, 0.25) is 0 Å². The van der Waals surface area contributed by atoms with Crippen LogP contribution in [0.4, 0.5) is 0 Å². The van der Waals surface area contributed by atoms with E-state index in [4.69, 9.17) is 0 Å². The summed E-state index contributed by atoms with van der Waals surface area (Å²) in [5.41, 5.74) is 0. The van der Waals surface area contributed by atoms with Gasteiger partial charge in [-0.15, -0.1) is 24.0 Å². The summed E-state index contributed by atoms with van der Waals surface area (Å²) in [6.45, 7) is 10.6. The maximum atomic E-state index is 4.57. The average Bonchev–Trinajstić information content (AvgIpc) is 2.38. The summed E-state index contributed by atoms with van der Waals surface area (Å²) in [6.07, 6.45) is 6.55. The van der Waals surface area contributed by atoms with Gasteiger partial charge in [-0.2, -0.15) is 0 Å². The summed E-state index contributed by atoms with van der Waals surface area (Å²) in [5, 5.41) is 6.71. The van der Waals surface area contributed by atoms with Crippen molar-refractivity contribution < 1.29 is 0 Å². The topological polar surface area (TPSA) is 39.7 Å². The van der Waals surface area contributed by atoms with Crippen LogP contribution in [0.25, 0.3) is 0 Å². The third-order valence-electron chi connectivity index (χ3n) is 3.03. The van der Waals surface area contributed by atoms with Crippen LogP contribution in [0.5, 0.6) is 0 Å². The lowest BCUT2D eigenvalue weighted by molar-refractivity contribution is 0.389. The molecule has 21 heavy (non-hydrogen) atoms. The van der Waals surface area contributed by atoms with Crippen LogP contribution in [0, 0.1) is 5.92 Å². The molecule has 0 unspecified atom stereocenters. The molecule has 2 N–H and O–H groups in total. The number of guanidine groups is 1. The van der Waals surface area contributed by atoms with E-state index in [0.29, 0.717) is 5.92 Å². The molecule has 0 aliphatic rings. The van der Waals surface area contributed by atoms with Crippen molar-refractivity contribution in [2.24, 2.45) is 10.9 Å². The Labute approximate surface area is 149 Å². The van der Waals surface area contributed by atoms with Crippen LogP contribution >= 0.6 is 24.0 Å². The molecule has 128 valence electrons. The lowest BCUT2D eigenvalue weighted by atomic mass is 10.1. The molecule has 0 saturated heterocycles. The minimum Gasteiger partial charge on any atom is -0.357 e. The fourth-order valence-electron chi connectivity index (χ4n) is 1.91. The standard InChI is InChI=1S/C16H36N4.HI/c1-6-17-16(19-14-15(2)3)18-12-10-8-7-9-11-13-20(4)5;/h15H,6-14H2,1-5H3,(H2,17,18,19);1H. The normalized spacial score (nSPS) is 11.7. The second-order valence-corrected chi connectivity index (χ2v) is 6.11. The van der Waals surface area contributed by atoms with Gasteiger partial charge in [-0.3, -0.25) is 4.99 Å². The molecule has 0 atom stereocenters. The molecule has 0 fully saturated rings. The molecule has 0 rings (SSSR count). The van der Waals surface area contributed by atoms with Gasteiger partial charge in [0.1, 0.15) is 0 Å². The number of halogens is 1. The molecule has 0 aliphatic carbocycles. The average molecular weight is 412 g/mol. The van der Waals surface area contributed by atoms with Gasteiger partial charge in [0.15, 0.2) is 5.96 Å². The van der Waals surface area contributed by atoms with Gasteiger partial charge in [0.25, 0.3) is 0 Å². The Morgan fingerprint density at radius 3 is 2.19 bits per heavy atom. The smallest absolute Gasteiger partial charge is 0.191 e. The fraction of sp³-hybridized carbons (Fsp3) is 0.938. The van der Waals surface area contributed by atoms with Gasteiger partial charge < -0.3 is 15.5 Å². The van der Waals surface area contributed by atoms with Gasteiger partial charge >= 0.3 is 0 Å². The zero-order valence-electron chi connectivity index (χ0n) is 14.7. The lowest BCUT2D eigenvalue weighted by Crippen LogP contribution is -2.38. The third-order valence-corrected chi connectivity index (χ3v) is 3.03. The van der Waals surface area contributed by atoms with E-state index >= 15 is 0 Å². The second-order valence-electron chi connectivity index (χ2n) is 6.11. The summed E-state index contributed by atoms with van der Waals surface area (Å²) in [5.74, 6) is 1.58. The minimum absolute atomic E-state index is 0. The molecule has 0 aromatic heterocycles. The highest BCUT2D eigenvalue weighted by atomic mass is 127. The number of hydrogen-bond acceptors (Lipinski definition) is 2. The van der Waals surface area contributed by atoms with Gasteiger partial charge in [-0.25, -0.2) is 0 Å². The number of unbranched alkanes of at least 4 members (excludes halogenated alkanes) is 4. The first kappa shape index (κ1) is 23.2. The maximum absolute atomic E-state index is 4.57. The van der Waals surface area contributed by atoms with Gasteiger partial charge in [-0.05, 0) is 46.3 Å². The Bertz CT molecular complexity index is 242. The minimum atomic E-state index is 0. The second kappa shape index (κ2) is 16.3. The highest BCUT2D eigenvalue weighted by Crippen LogP contribution is 2.02. The largest absolute Gasteiger partial charge is 0.357 e. The third kappa shape index (κ3) is 17.9. The van der Waals surface area contributed by atoms with Crippen molar-refractivity contribution in [1.29, 1.82) is 0 Å². The van der Waals surface area contributed by atoms with Crippen molar-refractivity contribution >= 4 is 29.9 Å². The van der Waals surface area contributed by atoms with E-state index in [2.05, 4.69) is 55.4 Å². The summed E-state index contributed by atoms with van der Waals surface area (Å²) < 4.78 is 0. The van der Waals surface area contributed by atoms with E-state index in [0.717, 1.165) is 25.6 Å². The molecule has 0 bridgehead atoms. The molecular weight excluding hydrogens is 375 g/mol. The van der Waals surface area contributed by atoms with Crippen LogP contribution in [0.2, 0.25) is 0 Å². The first-order valence-electron chi connectivity index (χ1n) is 8.23. The Morgan fingerprint density at radius 1 is 1.00 bits per heavy atom. The van der Waals surface area contributed by atoms with Gasteiger partial charge in [0.05, 0.1) is 0 Å². The number of nitrogens with one attached hydrogen (secondary N) is 2. The molecule has 0 radical (unpaired) electrons. The van der Waals surface area contributed by atoms with E-state index in [1.165, 1.54) is 38.6 Å². The van der Waals surface area contributed by atoms with E-state index in [1.807, 2.05) is 0 Å². The molecule has 0 heterocycles. The Kier molecular flexibility index (Phi) is 18.1. The molecule has 4 nitrogen and oxygen atoms in total. The fourth-order valence-corrected chi connectivity index (χ4v) is 1.91. The van der Waals surface area contributed by atoms with Crippen molar-refractivity contribution in [3.05, 3.63) is 0 Å². The Hall–Kier alpha value is -0.0400. The molecule has 0 aromatic rings. The van der Waals surface area contributed by atoms with E-state index < -0.39 is 0 Å². The van der Waals surface area contributed by atoms with Crippen LogP contribution in [0.1, 0.15) is 52.9 Å². The first-order valence-corrected chi connectivity index (χ1v) is 8.23. The molecule has 0 aliphatic heterocycles. The Morgan fingerprint density at radius 2 is 1.62 bits per heavy atom. The predicted molar refractivity (Wildman–Crippen MR) is 106 cm³/mol. The maximum Gasteiger partial charge on any atom is 0.191 e. The molecule has 0 saturated carbocycles. The van der Waals surface area contributed by atoms with Crippen LogP contribution in [0.15, 0.2) is 4.99 Å². The molecule has 0 aromatic carbocycles. The number of hydrogen-bond donors (Lipinski definition) is 2. The Balaban J connectivity index is 0. The van der Waals surface area contributed by atoms with Crippen LogP contribution in [0.3, 0.4) is 0 Å². The van der Waals surface area contributed by atoms with Gasteiger partial charge in [0, 0.05) is 19.6 Å². The van der Waals surface area contributed by atoms with Crippen LogP contribution < -0.4 is 10.6 Å². The number of aliphatic imine (C=N–C) groups is 1. The van der Waals surface area contributed by atoms with Crippen molar-refractivity contribution in [3.8, 4) is 0 Å². The molecule has 0 spiro atoms. The molecular formula is C16H37IN4. The molecule has 5 heteroatoms. The summed E-state index contributed by atoms with van der Waals surface area (Å²) in [7, 11) is 4.28. The number of nitrogens with zero attached hydrogens (tertiary/aromatic N) is 2. The lowest BCUT2D eigenvalue weighted by Gasteiger charge is -2.12. The van der Waals surface area contributed by atoms with Crippen molar-refractivity contribution in [2.45, 2.75) is 52.9 Å². The summed E-state index contributed by atoms with van der Waals surface area (Å²) >= 11 is 0.